The third-order valence-electron chi connectivity index (χ3n) is 6.23. The van der Waals surface area contributed by atoms with Crippen LogP contribution < -0.4 is 15.3 Å². The van der Waals surface area contributed by atoms with Crippen LogP contribution in [0.3, 0.4) is 0 Å². The molecule has 0 aliphatic carbocycles. The van der Waals surface area contributed by atoms with E-state index in [9.17, 15) is 9.59 Å². The van der Waals surface area contributed by atoms with Crippen molar-refractivity contribution in [3.05, 3.63) is 46.6 Å². The second kappa shape index (κ2) is 8.64. The molecule has 1 amide bonds. The SMILES string of the molecule is CCn1nc2cc(N3CCOc4cc(C(=O)N5CCCCCCC5)cnc43)ccn2c1=O. The van der Waals surface area contributed by atoms with Gasteiger partial charge in [0.25, 0.3) is 5.91 Å². The van der Waals surface area contributed by atoms with E-state index in [1.807, 2.05) is 34.9 Å². The van der Waals surface area contributed by atoms with E-state index in [0.29, 0.717) is 42.5 Å². The Labute approximate surface area is 186 Å². The maximum Gasteiger partial charge on any atom is 0.350 e. The number of aromatic nitrogens is 4. The number of carbonyl (C=O) groups is 1. The number of anilines is 2. The number of amides is 1. The first-order valence-corrected chi connectivity index (χ1v) is 11.4. The second-order valence-electron chi connectivity index (χ2n) is 8.32. The number of aryl methyl sites for hydroxylation is 1. The highest BCUT2D eigenvalue weighted by molar-refractivity contribution is 5.95. The molecule has 1 fully saturated rings. The molecule has 1 saturated heterocycles. The minimum absolute atomic E-state index is 0.0221. The Balaban J connectivity index is 1.43. The van der Waals surface area contributed by atoms with Crippen LogP contribution in [-0.4, -0.2) is 56.2 Å². The van der Waals surface area contributed by atoms with Gasteiger partial charge in [-0.15, -0.1) is 5.10 Å². The highest BCUT2D eigenvalue weighted by Crippen LogP contribution is 2.35. The van der Waals surface area contributed by atoms with E-state index in [2.05, 4.69) is 10.1 Å². The summed E-state index contributed by atoms with van der Waals surface area (Å²) in [5.74, 6) is 1.29. The van der Waals surface area contributed by atoms with Crippen molar-refractivity contribution in [2.24, 2.45) is 0 Å². The van der Waals surface area contributed by atoms with Crippen molar-refractivity contribution in [1.29, 1.82) is 0 Å². The number of hydrogen-bond donors (Lipinski definition) is 0. The number of pyridine rings is 2. The average Bonchev–Trinajstić information content (AvgIpc) is 3.12. The van der Waals surface area contributed by atoms with Crippen molar-refractivity contribution in [3.63, 3.8) is 0 Å². The fourth-order valence-electron chi connectivity index (χ4n) is 4.48. The van der Waals surface area contributed by atoms with Crippen LogP contribution in [0.15, 0.2) is 35.4 Å². The summed E-state index contributed by atoms with van der Waals surface area (Å²) in [5, 5.41) is 4.38. The van der Waals surface area contributed by atoms with Crippen LogP contribution in [-0.2, 0) is 6.54 Å². The first kappa shape index (κ1) is 20.5. The van der Waals surface area contributed by atoms with Gasteiger partial charge < -0.3 is 14.5 Å². The molecular weight excluding hydrogens is 408 g/mol. The number of ether oxygens (including phenoxy) is 1. The summed E-state index contributed by atoms with van der Waals surface area (Å²) < 4.78 is 8.85. The van der Waals surface area contributed by atoms with Gasteiger partial charge >= 0.3 is 5.69 Å². The molecule has 9 nitrogen and oxygen atoms in total. The average molecular weight is 437 g/mol. The normalized spacial score (nSPS) is 16.9. The van der Waals surface area contributed by atoms with E-state index >= 15 is 0 Å². The van der Waals surface area contributed by atoms with Crippen molar-refractivity contribution in [1.82, 2.24) is 24.1 Å². The molecule has 3 aromatic heterocycles. The minimum Gasteiger partial charge on any atom is -0.488 e. The van der Waals surface area contributed by atoms with E-state index in [1.54, 1.807) is 12.4 Å². The zero-order valence-corrected chi connectivity index (χ0v) is 18.4. The van der Waals surface area contributed by atoms with Gasteiger partial charge in [0.1, 0.15) is 6.61 Å². The van der Waals surface area contributed by atoms with E-state index < -0.39 is 0 Å². The van der Waals surface area contributed by atoms with Crippen LogP contribution in [0.4, 0.5) is 11.5 Å². The molecule has 2 aliphatic rings. The maximum atomic E-state index is 13.1. The number of hydrogen-bond acceptors (Lipinski definition) is 6. The number of nitrogens with zero attached hydrogens (tertiary/aromatic N) is 6. The quantitative estimate of drug-likeness (QED) is 0.628. The Morgan fingerprint density at radius 1 is 1.09 bits per heavy atom. The monoisotopic (exact) mass is 436 g/mol. The van der Waals surface area contributed by atoms with Crippen molar-refractivity contribution < 1.29 is 9.53 Å². The van der Waals surface area contributed by atoms with Crippen LogP contribution in [0, 0.1) is 0 Å². The number of likely N-dealkylation sites (tertiary alicyclic amines) is 1. The van der Waals surface area contributed by atoms with Gasteiger partial charge in [0, 0.05) is 43.8 Å². The van der Waals surface area contributed by atoms with Gasteiger partial charge in [0.2, 0.25) is 0 Å². The third kappa shape index (κ3) is 3.72. The lowest BCUT2D eigenvalue weighted by molar-refractivity contribution is 0.0741. The molecule has 32 heavy (non-hydrogen) atoms. The molecule has 9 heteroatoms. The summed E-state index contributed by atoms with van der Waals surface area (Å²) in [6, 6.07) is 5.57. The van der Waals surface area contributed by atoms with E-state index in [1.165, 1.54) is 28.3 Å². The van der Waals surface area contributed by atoms with Crippen molar-refractivity contribution in [2.45, 2.75) is 45.6 Å². The summed E-state index contributed by atoms with van der Waals surface area (Å²) in [7, 11) is 0. The second-order valence-corrected chi connectivity index (χ2v) is 8.32. The van der Waals surface area contributed by atoms with E-state index in [-0.39, 0.29) is 11.6 Å². The molecule has 0 spiro atoms. The highest BCUT2D eigenvalue weighted by atomic mass is 16.5. The van der Waals surface area contributed by atoms with Gasteiger partial charge in [-0.3, -0.25) is 9.20 Å². The molecule has 0 bridgehead atoms. The fourth-order valence-corrected chi connectivity index (χ4v) is 4.48. The lowest BCUT2D eigenvalue weighted by Crippen LogP contribution is -2.34. The molecular formula is C23H28N6O3. The Kier molecular flexibility index (Phi) is 5.55. The predicted molar refractivity (Wildman–Crippen MR) is 121 cm³/mol. The molecule has 5 rings (SSSR count). The molecule has 0 unspecified atom stereocenters. The van der Waals surface area contributed by atoms with Crippen LogP contribution in [0.25, 0.3) is 5.65 Å². The van der Waals surface area contributed by atoms with Gasteiger partial charge in [-0.05, 0) is 31.9 Å². The van der Waals surface area contributed by atoms with E-state index in [4.69, 9.17) is 4.74 Å². The zero-order valence-electron chi connectivity index (χ0n) is 18.4. The Bertz CT molecular complexity index is 1190. The van der Waals surface area contributed by atoms with Crippen LogP contribution in [0.2, 0.25) is 0 Å². The number of rotatable bonds is 3. The minimum atomic E-state index is -0.151. The van der Waals surface area contributed by atoms with Crippen molar-refractivity contribution in [3.8, 4) is 5.75 Å². The molecule has 0 aromatic carbocycles. The molecule has 3 aromatic rings. The highest BCUT2D eigenvalue weighted by Gasteiger charge is 2.25. The predicted octanol–water partition coefficient (Wildman–Crippen LogP) is 2.85. The largest absolute Gasteiger partial charge is 0.488 e. The maximum absolute atomic E-state index is 13.1. The molecule has 168 valence electrons. The van der Waals surface area contributed by atoms with E-state index in [0.717, 1.165) is 31.6 Å². The van der Waals surface area contributed by atoms with Crippen LogP contribution >= 0.6 is 0 Å². The molecule has 0 N–H and O–H groups in total. The fraction of sp³-hybridized carbons (Fsp3) is 0.478. The molecule has 2 aliphatic heterocycles. The van der Waals surface area contributed by atoms with Gasteiger partial charge in [0.15, 0.2) is 17.2 Å². The molecule has 0 saturated carbocycles. The summed E-state index contributed by atoms with van der Waals surface area (Å²) in [5.41, 5.74) is 1.88. The molecule has 0 radical (unpaired) electrons. The first-order chi connectivity index (χ1) is 15.7. The summed E-state index contributed by atoms with van der Waals surface area (Å²) in [4.78, 5) is 34.0. The number of fused-ring (bicyclic) bond motifs is 2. The Morgan fingerprint density at radius 2 is 1.88 bits per heavy atom. The summed E-state index contributed by atoms with van der Waals surface area (Å²) in [6.07, 6.45) is 9.10. The van der Waals surface area contributed by atoms with Gasteiger partial charge in [-0.2, -0.15) is 0 Å². The number of carbonyl (C=O) groups excluding carboxylic acids is 1. The van der Waals surface area contributed by atoms with Gasteiger partial charge in [-0.25, -0.2) is 14.5 Å². The lowest BCUT2D eigenvalue weighted by atomic mass is 10.1. The lowest BCUT2D eigenvalue weighted by Gasteiger charge is -2.30. The van der Waals surface area contributed by atoms with Gasteiger partial charge in [0.05, 0.1) is 12.1 Å². The van der Waals surface area contributed by atoms with Crippen LogP contribution in [0.1, 0.15) is 49.4 Å². The zero-order chi connectivity index (χ0) is 22.1. The summed E-state index contributed by atoms with van der Waals surface area (Å²) >= 11 is 0. The van der Waals surface area contributed by atoms with Crippen molar-refractivity contribution in [2.75, 3.05) is 31.1 Å². The first-order valence-electron chi connectivity index (χ1n) is 11.4. The summed E-state index contributed by atoms with van der Waals surface area (Å²) in [6.45, 7) is 5.11. The standard InChI is InChI=1S/C23H28N6O3/c1-2-29-23(31)28-11-8-18(15-20(28)25-29)27-12-13-32-19-14-17(16-24-21(19)27)22(30)26-9-6-4-3-5-7-10-26/h8,11,14-16H,2-7,9-10,12-13H2,1H3. The van der Waals surface area contributed by atoms with Crippen molar-refractivity contribution >= 4 is 23.1 Å². The smallest absolute Gasteiger partial charge is 0.350 e. The third-order valence-corrected chi connectivity index (χ3v) is 6.23. The topological polar surface area (TPSA) is 85.0 Å². The van der Waals surface area contributed by atoms with Gasteiger partial charge in [-0.1, -0.05) is 19.3 Å². The molecule has 5 heterocycles. The molecule has 0 atom stereocenters. The Morgan fingerprint density at radius 3 is 2.66 bits per heavy atom. The van der Waals surface area contributed by atoms with Crippen LogP contribution in [0.5, 0.6) is 5.75 Å². The Hall–Kier alpha value is -3.36.